The highest BCUT2D eigenvalue weighted by atomic mass is 19.1. The van der Waals surface area contributed by atoms with Crippen molar-refractivity contribution < 1.29 is 23.8 Å². The molecule has 0 spiro atoms. The van der Waals surface area contributed by atoms with E-state index in [1.807, 2.05) is 0 Å². The molecule has 0 aliphatic heterocycles. The summed E-state index contributed by atoms with van der Waals surface area (Å²) in [5, 5.41) is 12.5. The molecule has 0 bridgehead atoms. The quantitative estimate of drug-likeness (QED) is 0.469. The summed E-state index contributed by atoms with van der Waals surface area (Å²) in [6.45, 7) is 0. The Morgan fingerprint density at radius 1 is 1.00 bits per heavy atom. The second-order valence-corrected chi connectivity index (χ2v) is 6.47. The summed E-state index contributed by atoms with van der Waals surface area (Å²) < 4.78 is 18.1. The Kier molecular flexibility index (Phi) is 6.24. The van der Waals surface area contributed by atoms with E-state index in [-0.39, 0.29) is 11.5 Å². The predicted octanol–water partition coefficient (Wildman–Crippen LogP) is 3.96. The number of anilines is 1. The lowest BCUT2D eigenvalue weighted by Crippen LogP contribution is -2.33. The van der Waals surface area contributed by atoms with E-state index < -0.39 is 17.8 Å². The Morgan fingerprint density at radius 2 is 1.66 bits per heavy atom. The van der Waals surface area contributed by atoms with Gasteiger partial charge >= 0.3 is 5.97 Å². The number of carbonyl (C=O) groups is 2. The van der Waals surface area contributed by atoms with Crippen LogP contribution in [-0.4, -0.2) is 30.0 Å². The maximum Gasteiger partial charge on any atom is 0.328 e. The highest BCUT2D eigenvalue weighted by Gasteiger charge is 2.22. The number of phenolic OH excluding ortho intramolecular Hbond substituents is 1. The lowest BCUT2D eigenvalue weighted by Gasteiger charge is -2.20. The van der Waals surface area contributed by atoms with Crippen molar-refractivity contribution in [1.82, 2.24) is 0 Å². The van der Waals surface area contributed by atoms with Gasteiger partial charge in [0.05, 0.1) is 7.11 Å². The summed E-state index contributed by atoms with van der Waals surface area (Å²) in [6.07, 6.45) is 0.298. The van der Waals surface area contributed by atoms with Crippen molar-refractivity contribution in [2.45, 2.75) is 12.5 Å². The highest BCUT2D eigenvalue weighted by molar-refractivity contribution is 6.12. The zero-order valence-electron chi connectivity index (χ0n) is 15.8. The fourth-order valence-electron chi connectivity index (χ4n) is 2.95. The summed E-state index contributed by atoms with van der Waals surface area (Å²) in [4.78, 5) is 25.2. The van der Waals surface area contributed by atoms with Crippen LogP contribution in [0.2, 0.25) is 0 Å². The maximum absolute atomic E-state index is 13.2. The van der Waals surface area contributed by atoms with Crippen molar-refractivity contribution in [2.75, 3.05) is 12.4 Å². The first-order valence-electron chi connectivity index (χ1n) is 8.99. The lowest BCUT2D eigenvalue weighted by molar-refractivity contribution is -0.141. The van der Waals surface area contributed by atoms with Crippen LogP contribution in [0.4, 0.5) is 10.1 Å². The molecule has 3 rings (SSSR count). The fourth-order valence-corrected chi connectivity index (χ4v) is 2.95. The Balaban J connectivity index is 1.88. The molecule has 0 aliphatic carbocycles. The molecule has 3 aromatic rings. The Labute approximate surface area is 167 Å². The number of ketones is 1. The molecule has 148 valence electrons. The van der Waals surface area contributed by atoms with Gasteiger partial charge in [0.2, 0.25) is 0 Å². The Morgan fingerprint density at radius 3 is 2.31 bits per heavy atom. The standard InChI is InChI=1S/C23H20FNO4/c1-29-23(28)21(14-15-6-12-18(26)13-7-15)25-20-5-3-2-4-19(20)22(27)16-8-10-17(24)11-9-16/h2-13,21,25-26H,14H2,1H3. The molecule has 0 radical (unpaired) electrons. The molecule has 0 aromatic heterocycles. The van der Waals surface area contributed by atoms with Crippen molar-refractivity contribution in [3.8, 4) is 5.75 Å². The number of para-hydroxylation sites is 1. The molecule has 0 saturated heterocycles. The highest BCUT2D eigenvalue weighted by Crippen LogP contribution is 2.22. The molecule has 0 amide bonds. The van der Waals surface area contributed by atoms with Crippen molar-refractivity contribution in [3.63, 3.8) is 0 Å². The summed E-state index contributed by atoms with van der Waals surface area (Å²) in [5.41, 5.74) is 1.98. The summed E-state index contributed by atoms with van der Waals surface area (Å²) in [7, 11) is 1.30. The second-order valence-electron chi connectivity index (χ2n) is 6.47. The largest absolute Gasteiger partial charge is 0.508 e. The summed E-state index contributed by atoms with van der Waals surface area (Å²) in [5.74, 6) is -1.07. The van der Waals surface area contributed by atoms with E-state index in [1.165, 1.54) is 43.5 Å². The molecular formula is C23H20FNO4. The molecule has 1 unspecified atom stereocenters. The Bertz CT molecular complexity index is 1000. The van der Waals surface area contributed by atoms with E-state index in [4.69, 9.17) is 4.74 Å². The van der Waals surface area contributed by atoms with Gasteiger partial charge < -0.3 is 15.2 Å². The van der Waals surface area contributed by atoms with E-state index in [2.05, 4.69) is 5.32 Å². The van der Waals surface area contributed by atoms with Crippen molar-refractivity contribution in [3.05, 3.63) is 95.3 Å². The minimum atomic E-state index is -0.744. The average Bonchev–Trinajstić information content (AvgIpc) is 2.74. The molecular weight excluding hydrogens is 373 g/mol. The SMILES string of the molecule is COC(=O)C(Cc1ccc(O)cc1)Nc1ccccc1C(=O)c1ccc(F)cc1. The van der Waals surface area contributed by atoms with Crippen LogP contribution >= 0.6 is 0 Å². The van der Waals surface area contributed by atoms with Crippen LogP contribution in [0.5, 0.6) is 5.75 Å². The van der Waals surface area contributed by atoms with Crippen molar-refractivity contribution in [1.29, 1.82) is 0 Å². The molecule has 5 nitrogen and oxygen atoms in total. The smallest absolute Gasteiger partial charge is 0.328 e. The van der Waals surface area contributed by atoms with Gasteiger partial charge in [0.15, 0.2) is 5.78 Å². The number of methoxy groups -OCH3 is 1. The summed E-state index contributed by atoms with van der Waals surface area (Å²) in [6, 6.07) is 17.9. The zero-order chi connectivity index (χ0) is 20.8. The third-order valence-corrected chi connectivity index (χ3v) is 4.47. The first kappa shape index (κ1) is 20.1. The Hall–Kier alpha value is -3.67. The molecule has 2 N–H and O–H groups in total. The molecule has 0 aliphatic rings. The topological polar surface area (TPSA) is 75.6 Å². The van der Waals surface area contributed by atoms with Crippen LogP contribution < -0.4 is 5.32 Å². The zero-order valence-corrected chi connectivity index (χ0v) is 15.8. The van der Waals surface area contributed by atoms with Gasteiger partial charge in [0, 0.05) is 23.2 Å². The normalized spacial score (nSPS) is 11.5. The third kappa shape index (κ3) is 4.99. The maximum atomic E-state index is 13.2. The molecule has 3 aromatic carbocycles. The van der Waals surface area contributed by atoms with Gasteiger partial charge in [-0.2, -0.15) is 0 Å². The van der Waals surface area contributed by atoms with Crippen LogP contribution in [-0.2, 0) is 16.0 Å². The van der Waals surface area contributed by atoms with Crippen LogP contribution in [0.15, 0.2) is 72.8 Å². The molecule has 6 heteroatoms. The number of benzene rings is 3. The fraction of sp³-hybridized carbons (Fsp3) is 0.130. The minimum Gasteiger partial charge on any atom is -0.508 e. The molecule has 1 atom stereocenters. The van der Waals surface area contributed by atoms with E-state index in [0.717, 1.165) is 5.56 Å². The average molecular weight is 393 g/mol. The van der Waals surface area contributed by atoms with E-state index in [9.17, 15) is 19.1 Å². The van der Waals surface area contributed by atoms with Crippen LogP contribution in [0.25, 0.3) is 0 Å². The van der Waals surface area contributed by atoms with Crippen LogP contribution in [0, 0.1) is 5.82 Å². The number of hydrogen-bond donors (Lipinski definition) is 2. The van der Waals surface area contributed by atoms with E-state index in [1.54, 1.807) is 36.4 Å². The molecule has 0 saturated carbocycles. The first-order chi connectivity index (χ1) is 14.0. The predicted molar refractivity (Wildman–Crippen MR) is 108 cm³/mol. The molecule has 0 fully saturated rings. The third-order valence-electron chi connectivity index (χ3n) is 4.47. The van der Waals surface area contributed by atoms with Gasteiger partial charge in [-0.25, -0.2) is 9.18 Å². The van der Waals surface area contributed by atoms with Crippen LogP contribution in [0.1, 0.15) is 21.5 Å². The van der Waals surface area contributed by atoms with E-state index >= 15 is 0 Å². The molecule has 29 heavy (non-hydrogen) atoms. The van der Waals surface area contributed by atoms with Gasteiger partial charge in [-0.1, -0.05) is 24.3 Å². The minimum absolute atomic E-state index is 0.131. The number of nitrogens with one attached hydrogen (secondary N) is 1. The van der Waals surface area contributed by atoms with Gasteiger partial charge in [0.1, 0.15) is 17.6 Å². The number of ether oxygens (including phenoxy) is 1. The van der Waals surface area contributed by atoms with Crippen LogP contribution in [0.3, 0.4) is 0 Å². The van der Waals surface area contributed by atoms with E-state index in [0.29, 0.717) is 23.2 Å². The molecule has 0 heterocycles. The van der Waals surface area contributed by atoms with Gasteiger partial charge in [0.25, 0.3) is 0 Å². The van der Waals surface area contributed by atoms with Crippen molar-refractivity contribution >= 4 is 17.4 Å². The van der Waals surface area contributed by atoms with Gasteiger partial charge in [-0.05, 0) is 54.1 Å². The van der Waals surface area contributed by atoms with Gasteiger partial charge in [-0.3, -0.25) is 4.79 Å². The number of aromatic hydroxyl groups is 1. The number of halogens is 1. The summed E-state index contributed by atoms with van der Waals surface area (Å²) >= 11 is 0. The number of esters is 1. The second kappa shape index (κ2) is 9.01. The number of phenols is 1. The monoisotopic (exact) mass is 393 g/mol. The number of carbonyl (C=O) groups excluding carboxylic acids is 2. The van der Waals surface area contributed by atoms with Crippen molar-refractivity contribution in [2.24, 2.45) is 0 Å². The number of hydrogen-bond acceptors (Lipinski definition) is 5. The lowest BCUT2D eigenvalue weighted by atomic mass is 10.00. The van der Waals surface area contributed by atoms with Gasteiger partial charge in [-0.15, -0.1) is 0 Å². The number of rotatable bonds is 7. The first-order valence-corrected chi connectivity index (χ1v) is 8.99.